The van der Waals surface area contributed by atoms with E-state index in [1.807, 2.05) is 0 Å². The Labute approximate surface area is 123 Å². The van der Waals surface area contributed by atoms with Gasteiger partial charge in [-0.15, -0.1) is 20.4 Å². The minimum absolute atomic E-state index is 0.0742. The molecule has 3 aromatic heterocycles. The Morgan fingerprint density at radius 2 is 1.18 bits per heavy atom. The molecule has 0 unspecified atom stereocenters. The summed E-state index contributed by atoms with van der Waals surface area (Å²) in [6.07, 6.45) is 5.28. The third kappa shape index (κ3) is 2.92. The zero-order valence-electron chi connectivity index (χ0n) is 11.0. The Kier molecular flexibility index (Phi) is 3.51. The third-order valence-corrected chi connectivity index (χ3v) is 2.51. The summed E-state index contributed by atoms with van der Waals surface area (Å²) in [5, 5.41) is 14.2. The summed E-state index contributed by atoms with van der Waals surface area (Å²) in [5.74, 6) is -1.00. The van der Waals surface area contributed by atoms with Gasteiger partial charge < -0.3 is 0 Å². The zero-order chi connectivity index (χ0) is 15.4. The maximum absolute atomic E-state index is 12.0. The van der Waals surface area contributed by atoms with Gasteiger partial charge in [-0.3, -0.25) is 20.4 Å². The average Bonchev–Trinajstić information content (AvgIpc) is 3.21. The summed E-state index contributed by atoms with van der Waals surface area (Å²) in [5.41, 5.74) is 5.11. The molecule has 0 radical (unpaired) electrons. The molecule has 3 heterocycles. The monoisotopic (exact) mass is 299 g/mol. The molecule has 11 heteroatoms. The number of hydrogen-bond donors (Lipinski definition) is 2. The van der Waals surface area contributed by atoms with Gasteiger partial charge in [0, 0.05) is 0 Å². The molecule has 0 bridgehead atoms. The van der Waals surface area contributed by atoms with Gasteiger partial charge in [0.2, 0.25) is 0 Å². The molecule has 0 saturated heterocycles. The molecule has 0 atom stereocenters. The first-order chi connectivity index (χ1) is 10.7. The predicted octanol–water partition coefficient (Wildman–Crippen LogP) is -0.968. The van der Waals surface area contributed by atoms with Crippen LogP contribution >= 0.6 is 0 Å². The summed E-state index contributed by atoms with van der Waals surface area (Å²) in [6, 6.07) is 4.51. The highest BCUT2D eigenvalue weighted by Crippen LogP contribution is 2.01. The molecule has 0 spiro atoms. The van der Waals surface area contributed by atoms with Crippen molar-refractivity contribution in [2.45, 2.75) is 0 Å². The van der Waals surface area contributed by atoms with Crippen molar-refractivity contribution in [1.82, 2.24) is 34.7 Å². The zero-order valence-corrected chi connectivity index (χ0v) is 11.0. The van der Waals surface area contributed by atoms with E-state index in [0.29, 0.717) is 0 Å². The molecular weight excluding hydrogens is 290 g/mol. The average molecular weight is 299 g/mol. The highest BCUT2D eigenvalue weighted by Gasteiger charge is 2.13. The van der Waals surface area contributed by atoms with Crippen LogP contribution in [0.1, 0.15) is 21.0 Å². The Morgan fingerprint density at radius 3 is 1.59 bits per heavy atom. The lowest BCUT2D eigenvalue weighted by atomic mass is 10.3. The van der Waals surface area contributed by atoms with Crippen molar-refractivity contribution in [1.29, 1.82) is 0 Å². The summed E-state index contributed by atoms with van der Waals surface area (Å²) in [4.78, 5) is 28.0. The van der Waals surface area contributed by atoms with Crippen molar-refractivity contribution in [2.24, 2.45) is 0 Å². The van der Waals surface area contributed by atoms with Crippen LogP contribution in [-0.4, -0.2) is 46.5 Å². The van der Waals surface area contributed by atoms with Crippen molar-refractivity contribution in [3.63, 3.8) is 0 Å². The molecule has 0 saturated carbocycles. The highest BCUT2D eigenvalue weighted by molar-refractivity contribution is 6.01. The molecule has 110 valence electrons. The quantitative estimate of drug-likeness (QED) is 0.633. The van der Waals surface area contributed by atoms with E-state index >= 15 is 0 Å². The molecule has 0 aromatic carbocycles. The molecule has 2 amide bonds. The first-order valence-electron chi connectivity index (χ1n) is 6.01. The minimum atomic E-state index is -0.501. The number of pyridine rings is 1. The van der Waals surface area contributed by atoms with Crippen LogP contribution in [0.15, 0.2) is 43.5 Å². The topological polar surface area (TPSA) is 133 Å². The number of nitrogens with one attached hydrogen (secondary N) is 2. The summed E-state index contributed by atoms with van der Waals surface area (Å²) in [7, 11) is 0. The first-order valence-corrected chi connectivity index (χ1v) is 6.01. The lowest BCUT2D eigenvalue weighted by Crippen LogP contribution is -2.25. The van der Waals surface area contributed by atoms with E-state index in [4.69, 9.17) is 0 Å². The highest BCUT2D eigenvalue weighted by atomic mass is 16.2. The van der Waals surface area contributed by atoms with E-state index in [1.165, 1.54) is 46.8 Å². The SMILES string of the molecule is O=C(Nn1cnnc1)c1cccc(C(=O)Nn2cnnc2)n1. The maximum atomic E-state index is 12.0. The van der Waals surface area contributed by atoms with Crippen molar-refractivity contribution in [3.8, 4) is 0 Å². The molecular formula is C11H9N9O2. The normalized spacial score (nSPS) is 10.2. The minimum Gasteiger partial charge on any atom is -0.266 e. The molecule has 0 aliphatic heterocycles. The Balaban J connectivity index is 1.74. The molecule has 3 aromatic rings. The van der Waals surface area contributed by atoms with E-state index < -0.39 is 11.8 Å². The van der Waals surface area contributed by atoms with Gasteiger partial charge in [0.05, 0.1) is 0 Å². The van der Waals surface area contributed by atoms with Crippen LogP contribution in [0.2, 0.25) is 0 Å². The van der Waals surface area contributed by atoms with E-state index in [-0.39, 0.29) is 11.4 Å². The second-order valence-electron chi connectivity index (χ2n) is 4.03. The van der Waals surface area contributed by atoms with Crippen LogP contribution in [0.5, 0.6) is 0 Å². The maximum Gasteiger partial charge on any atom is 0.288 e. The second kappa shape index (κ2) is 5.78. The summed E-state index contributed by atoms with van der Waals surface area (Å²) >= 11 is 0. The molecule has 22 heavy (non-hydrogen) atoms. The van der Waals surface area contributed by atoms with Crippen LogP contribution < -0.4 is 10.9 Å². The molecule has 11 nitrogen and oxygen atoms in total. The van der Waals surface area contributed by atoms with E-state index in [2.05, 4.69) is 36.2 Å². The van der Waals surface area contributed by atoms with Gasteiger partial charge in [0.15, 0.2) is 0 Å². The van der Waals surface area contributed by atoms with Gasteiger partial charge in [-0.2, -0.15) is 0 Å². The lowest BCUT2D eigenvalue weighted by molar-refractivity contribution is 0.0999. The van der Waals surface area contributed by atoms with Crippen molar-refractivity contribution >= 4 is 11.8 Å². The Morgan fingerprint density at radius 1 is 0.773 bits per heavy atom. The van der Waals surface area contributed by atoms with Crippen molar-refractivity contribution in [2.75, 3.05) is 10.9 Å². The number of amides is 2. The second-order valence-corrected chi connectivity index (χ2v) is 4.03. The fourth-order valence-corrected chi connectivity index (χ4v) is 1.55. The molecule has 0 fully saturated rings. The van der Waals surface area contributed by atoms with Gasteiger partial charge in [-0.05, 0) is 12.1 Å². The smallest absolute Gasteiger partial charge is 0.266 e. The molecule has 0 aliphatic carbocycles. The first kappa shape index (κ1) is 13.4. The van der Waals surface area contributed by atoms with Gasteiger partial charge in [0.25, 0.3) is 11.8 Å². The Hall–Kier alpha value is -3.63. The van der Waals surface area contributed by atoms with Crippen molar-refractivity contribution < 1.29 is 9.59 Å². The fourth-order valence-electron chi connectivity index (χ4n) is 1.55. The summed E-state index contributed by atoms with van der Waals surface area (Å²) < 4.78 is 2.54. The number of nitrogens with zero attached hydrogens (tertiary/aromatic N) is 7. The third-order valence-electron chi connectivity index (χ3n) is 2.51. The van der Waals surface area contributed by atoms with Gasteiger partial charge in [0.1, 0.15) is 36.7 Å². The van der Waals surface area contributed by atoms with Gasteiger partial charge in [-0.1, -0.05) is 6.07 Å². The van der Waals surface area contributed by atoms with Gasteiger partial charge in [-0.25, -0.2) is 14.3 Å². The van der Waals surface area contributed by atoms with Crippen LogP contribution in [0, 0.1) is 0 Å². The number of hydrogen-bond acceptors (Lipinski definition) is 7. The fraction of sp³-hybridized carbons (Fsp3) is 0. The predicted molar refractivity (Wildman–Crippen MR) is 71.7 cm³/mol. The van der Waals surface area contributed by atoms with Crippen molar-refractivity contribution in [3.05, 3.63) is 54.9 Å². The van der Waals surface area contributed by atoms with Crippen LogP contribution in [0.4, 0.5) is 0 Å². The molecule has 3 rings (SSSR count). The van der Waals surface area contributed by atoms with E-state index in [9.17, 15) is 9.59 Å². The number of rotatable bonds is 4. The van der Waals surface area contributed by atoms with Crippen LogP contribution in [-0.2, 0) is 0 Å². The molecule has 0 aliphatic rings. The van der Waals surface area contributed by atoms with Crippen LogP contribution in [0.3, 0.4) is 0 Å². The van der Waals surface area contributed by atoms with Crippen LogP contribution in [0.25, 0.3) is 0 Å². The van der Waals surface area contributed by atoms with E-state index in [0.717, 1.165) is 0 Å². The Bertz CT molecular complexity index is 718. The lowest BCUT2D eigenvalue weighted by Gasteiger charge is -2.06. The summed E-state index contributed by atoms with van der Waals surface area (Å²) in [6.45, 7) is 0. The number of carbonyl (C=O) groups is 2. The standard InChI is InChI=1S/C11H9N9O2/c21-10(17-19-4-12-13-5-19)8-2-1-3-9(16-8)11(22)18-20-6-14-15-7-20/h1-7H,(H,17,21)(H,18,22). The number of carbonyl (C=O) groups excluding carboxylic acids is 2. The number of aromatic nitrogens is 7. The largest absolute Gasteiger partial charge is 0.288 e. The molecule has 2 N–H and O–H groups in total. The van der Waals surface area contributed by atoms with E-state index in [1.54, 1.807) is 6.07 Å². The van der Waals surface area contributed by atoms with Gasteiger partial charge >= 0.3 is 0 Å².